The summed E-state index contributed by atoms with van der Waals surface area (Å²) in [6, 6.07) is 0. The Kier molecular flexibility index (Phi) is 11.2. The number of unbranched alkanes of at least 4 members (excludes halogenated alkanes) is 1. The second kappa shape index (κ2) is 9.65. The fraction of sp³-hybridized carbons (Fsp3) is 1.00. The third-order valence-electron chi connectivity index (χ3n) is 1.50. The maximum absolute atomic E-state index is 9.31. The summed E-state index contributed by atoms with van der Waals surface area (Å²) in [6.07, 6.45) is 3.11. The highest BCUT2D eigenvalue weighted by molar-refractivity contribution is 4.60. The molecule has 0 saturated carbocycles. The summed E-state index contributed by atoms with van der Waals surface area (Å²) in [5, 5.41) is 2.68. The van der Waals surface area contributed by atoms with Gasteiger partial charge in [-0.1, -0.05) is 39.3 Å². The van der Waals surface area contributed by atoms with Gasteiger partial charge >= 0.3 is 0 Å². The van der Waals surface area contributed by atoms with Gasteiger partial charge in [0.15, 0.2) is 0 Å². The molecule has 13 heavy (non-hydrogen) atoms. The summed E-state index contributed by atoms with van der Waals surface area (Å²) < 4.78 is 0. The standard InChI is InChI=1S/C6H15N.C4H9NO/c1-6(2,3)4-5-7;1-2-3-4-5-6/h4-5,7H2,1-3H3;2-4H2,1H3. The molecule has 80 valence electrons. The van der Waals surface area contributed by atoms with Crippen molar-refractivity contribution < 1.29 is 0 Å². The lowest BCUT2D eigenvalue weighted by atomic mass is 9.93. The monoisotopic (exact) mass is 188 g/mol. The van der Waals surface area contributed by atoms with E-state index in [9.17, 15) is 4.91 Å². The van der Waals surface area contributed by atoms with E-state index in [1.165, 1.54) is 0 Å². The largest absolute Gasteiger partial charge is 0.330 e. The fourth-order valence-corrected chi connectivity index (χ4v) is 0.656. The molecular weight excluding hydrogens is 164 g/mol. The van der Waals surface area contributed by atoms with Crippen molar-refractivity contribution in [2.75, 3.05) is 13.1 Å². The summed E-state index contributed by atoms with van der Waals surface area (Å²) in [6.45, 7) is 9.91. The summed E-state index contributed by atoms with van der Waals surface area (Å²) in [7, 11) is 0. The van der Waals surface area contributed by atoms with Crippen molar-refractivity contribution in [3.63, 3.8) is 0 Å². The molecule has 0 aromatic carbocycles. The Morgan fingerprint density at radius 3 is 1.92 bits per heavy atom. The first-order valence-corrected chi connectivity index (χ1v) is 4.97. The molecule has 0 rings (SSSR count). The molecule has 0 bridgehead atoms. The predicted molar refractivity (Wildman–Crippen MR) is 58.7 cm³/mol. The maximum Gasteiger partial charge on any atom is 0.0811 e. The minimum absolute atomic E-state index is 0.425. The normalized spacial score (nSPS) is 10.2. The van der Waals surface area contributed by atoms with E-state index >= 15 is 0 Å². The number of nitrogens with zero attached hydrogens (tertiary/aromatic N) is 1. The van der Waals surface area contributed by atoms with E-state index in [1.54, 1.807) is 0 Å². The number of nitrogens with two attached hydrogens (primary N) is 1. The lowest BCUT2D eigenvalue weighted by Gasteiger charge is -2.15. The van der Waals surface area contributed by atoms with Crippen LogP contribution in [-0.4, -0.2) is 13.1 Å². The van der Waals surface area contributed by atoms with Crippen molar-refractivity contribution in [2.24, 2.45) is 16.3 Å². The van der Waals surface area contributed by atoms with Crippen molar-refractivity contribution in [3.8, 4) is 0 Å². The van der Waals surface area contributed by atoms with Gasteiger partial charge in [0.1, 0.15) is 0 Å². The van der Waals surface area contributed by atoms with Crippen molar-refractivity contribution >= 4 is 0 Å². The van der Waals surface area contributed by atoms with Gasteiger partial charge in [-0.15, -0.1) is 0 Å². The molecular formula is C10H24N2O. The number of hydrogen-bond donors (Lipinski definition) is 1. The van der Waals surface area contributed by atoms with Gasteiger partial charge < -0.3 is 5.73 Å². The average molecular weight is 188 g/mol. The van der Waals surface area contributed by atoms with Crippen molar-refractivity contribution in [1.29, 1.82) is 0 Å². The molecule has 0 aliphatic carbocycles. The second-order valence-corrected chi connectivity index (χ2v) is 4.31. The van der Waals surface area contributed by atoms with Crippen LogP contribution in [0.5, 0.6) is 0 Å². The maximum atomic E-state index is 9.31. The molecule has 0 unspecified atom stereocenters. The molecule has 0 aliphatic heterocycles. The number of rotatable bonds is 4. The molecule has 0 radical (unpaired) electrons. The Labute approximate surface area is 82.1 Å². The van der Waals surface area contributed by atoms with Crippen molar-refractivity contribution in [1.82, 2.24) is 0 Å². The first-order chi connectivity index (χ1) is 5.97. The van der Waals surface area contributed by atoms with Crippen LogP contribution < -0.4 is 5.73 Å². The van der Waals surface area contributed by atoms with Crippen molar-refractivity contribution in [2.45, 2.75) is 47.0 Å². The zero-order valence-corrected chi connectivity index (χ0v) is 9.47. The van der Waals surface area contributed by atoms with E-state index in [2.05, 4.69) is 25.9 Å². The zero-order chi connectivity index (χ0) is 10.7. The molecule has 0 atom stereocenters. The van der Waals surface area contributed by atoms with Gasteiger partial charge in [-0.2, -0.15) is 4.91 Å². The van der Waals surface area contributed by atoms with E-state index in [0.717, 1.165) is 25.8 Å². The molecule has 3 nitrogen and oxygen atoms in total. The first-order valence-electron chi connectivity index (χ1n) is 4.97. The molecule has 3 heteroatoms. The average Bonchev–Trinajstić information content (AvgIpc) is 1.99. The van der Waals surface area contributed by atoms with Gasteiger partial charge in [-0.3, -0.25) is 0 Å². The van der Waals surface area contributed by atoms with Crippen LogP contribution in [-0.2, 0) is 0 Å². The summed E-state index contributed by atoms with van der Waals surface area (Å²) >= 11 is 0. The highest BCUT2D eigenvalue weighted by Crippen LogP contribution is 2.16. The smallest absolute Gasteiger partial charge is 0.0811 e. The summed E-state index contributed by atoms with van der Waals surface area (Å²) in [4.78, 5) is 9.31. The van der Waals surface area contributed by atoms with Crippen LogP contribution in [0.15, 0.2) is 5.18 Å². The molecule has 0 aromatic rings. The molecule has 0 aromatic heterocycles. The van der Waals surface area contributed by atoms with Crippen LogP contribution >= 0.6 is 0 Å². The third-order valence-corrected chi connectivity index (χ3v) is 1.50. The predicted octanol–water partition coefficient (Wildman–Crippen LogP) is 2.93. The van der Waals surface area contributed by atoms with Gasteiger partial charge in [0, 0.05) is 0 Å². The molecule has 0 heterocycles. The van der Waals surface area contributed by atoms with Gasteiger partial charge in [0.25, 0.3) is 0 Å². The zero-order valence-electron chi connectivity index (χ0n) is 9.47. The fourth-order valence-electron chi connectivity index (χ4n) is 0.656. The van der Waals surface area contributed by atoms with Gasteiger partial charge in [-0.25, -0.2) is 0 Å². The molecule has 0 saturated heterocycles. The van der Waals surface area contributed by atoms with E-state index in [0.29, 0.717) is 12.0 Å². The van der Waals surface area contributed by atoms with Crippen LogP contribution in [0.25, 0.3) is 0 Å². The van der Waals surface area contributed by atoms with Crippen LogP contribution in [0.3, 0.4) is 0 Å². The molecule has 0 amide bonds. The Bertz CT molecular complexity index is 108. The quantitative estimate of drug-likeness (QED) is 0.544. The minimum Gasteiger partial charge on any atom is -0.330 e. The van der Waals surface area contributed by atoms with Gasteiger partial charge in [0.2, 0.25) is 0 Å². The van der Waals surface area contributed by atoms with E-state index < -0.39 is 0 Å². The second-order valence-electron chi connectivity index (χ2n) is 4.31. The molecule has 0 fully saturated rings. The highest BCUT2D eigenvalue weighted by Gasteiger charge is 2.06. The SMILES string of the molecule is CC(C)(C)CCN.CCCCN=O. The van der Waals surface area contributed by atoms with E-state index in [1.807, 2.05) is 6.92 Å². The third kappa shape index (κ3) is 24.6. The lowest BCUT2D eigenvalue weighted by Crippen LogP contribution is -2.12. The topological polar surface area (TPSA) is 55.4 Å². The highest BCUT2D eigenvalue weighted by atomic mass is 16.3. The van der Waals surface area contributed by atoms with E-state index in [-0.39, 0.29) is 0 Å². The summed E-state index contributed by atoms with van der Waals surface area (Å²) in [5.74, 6) is 0. The number of nitroso groups, excluding NO2 is 1. The Balaban J connectivity index is 0. The van der Waals surface area contributed by atoms with Crippen LogP contribution in [0.4, 0.5) is 0 Å². The Morgan fingerprint density at radius 2 is 1.85 bits per heavy atom. The first kappa shape index (κ1) is 15.1. The van der Waals surface area contributed by atoms with Crippen LogP contribution in [0.2, 0.25) is 0 Å². The van der Waals surface area contributed by atoms with Crippen molar-refractivity contribution in [3.05, 3.63) is 4.91 Å². The lowest BCUT2D eigenvalue weighted by molar-refractivity contribution is 0.385. The molecule has 0 spiro atoms. The van der Waals surface area contributed by atoms with Crippen LogP contribution in [0.1, 0.15) is 47.0 Å². The van der Waals surface area contributed by atoms with Gasteiger partial charge in [-0.05, 0) is 24.8 Å². The molecule has 0 aliphatic rings. The molecule has 2 N–H and O–H groups in total. The minimum atomic E-state index is 0.425. The van der Waals surface area contributed by atoms with E-state index in [4.69, 9.17) is 5.73 Å². The number of hydrogen-bond acceptors (Lipinski definition) is 3. The summed E-state index contributed by atoms with van der Waals surface area (Å²) in [5.41, 5.74) is 5.74. The van der Waals surface area contributed by atoms with Gasteiger partial charge in [0.05, 0.1) is 6.54 Å². The Hall–Kier alpha value is -0.440. The Morgan fingerprint density at radius 1 is 1.31 bits per heavy atom. The van der Waals surface area contributed by atoms with Crippen LogP contribution in [0, 0.1) is 10.3 Å².